The molecule has 4 heteroatoms. The number of phenolic OH excluding ortho intramolecular Hbond substituents is 1. The van der Waals surface area contributed by atoms with E-state index >= 15 is 0 Å². The maximum absolute atomic E-state index is 12.3. The van der Waals surface area contributed by atoms with Gasteiger partial charge in [-0.2, -0.15) is 0 Å². The fourth-order valence-corrected chi connectivity index (χ4v) is 2.18. The number of aromatic hydroxyl groups is 1. The Morgan fingerprint density at radius 1 is 1.25 bits per heavy atom. The topological polar surface area (TPSA) is 49.8 Å². The third-order valence-electron chi connectivity index (χ3n) is 3.32. The van der Waals surface area contributed by atoms with Crippen LogP contribution in [0.2, 0.25) is 0 Å². The minimum absolute atomic E-state index is 0.0479. The summed E-state index contributed by atoms with van der Waals surface area (Å²) >= 11 is 0. The minimum atomic E-state index is -0.177. The molecule has 0 aliphatic rings. The van der Waals surface area contributed by atoms with E-state index in [4.69, 9.17) is 4.74 Å². The first-order valence-electron chi connectivity index (χ1n) is 6.60. The number of hydrogen-bond acceptors (Lipinski definition) is 3. The lowest BCUT2D eigenvalue weighted by Crippen LogP contribution is -2.28. The molecule has 0 fully saturated rings. The van der Waals surface area contributed by atoms with Gasteiger partial charge in [0, 0.05) is 32.7 Å². The van der Waals surface area contributed by atoms with Gasteiger partial charge in [0.1, 0.15) is 5.75 Å². The van der Waals surface area contributed by atoms with Crippen molar-refractivity contribution in [2.75, 3.05) is 27.3 Å². The third-order valence-corrected chi connectivity index (χ3v) is 3.32. The molecule has 0 aromatic heterocycles. The van der Waals surface area contributed by atoms with E-state index in [-0.39, 0.29) is 11.7 Å². The third kappa shape index (κ3) is 2.91. The smallest absolute Gasteiger partial charge is 0.257 e. The largest absolute Gasteiger partial charge is 0.506 e. The quantitative estimate of drug-likeness (QED) is 0.852. The summed E-state index contributed by atoms with van der Waals surface area (Å²) in [6, 6.07) is 11.0. The predicted molar refractivity (Wildman–Crippen MR) is 79.1 cm³/mol. The van der Waals surface area contributed by atoms with Crippen molar-refractivity contribution in [3.63, 3.8) is 0 Å². The van der Waals surface area contributed by atoms with Gasteiger partial charge in [-0.05, 0) is 17.9 Å². The summed E-state index contributed by atoms with van der Waals surface area (Å²) in [6.07, 6.45) is 0.771. The number of methoxy groups -OCH3 is 1. The number of benzene rings is 2. The monoisotopic (exact) mass is 273 g/mol. The second-order valence-electron chi connectivity index (χ2n) is 4.76. The Balaban J connectivity index is 2.24. The number of nitrogens with zero attached hydrogens (tertiary/aromatic N) is 1. The van der Waals surface area contributed by atoms with Crippen LogP contribution in [0.3, 0.4) is 0 Å². The van der Waals surface area contributed by atoms with Crippen molar-refractivity contribution in [2.45, 2.75) is 6.42 Å². The van der Waals surface area contributed by atoms with Gasteiger partial charge in [-0.1, -0.05) is 30.3 Å². The summed E-state index contributed by atoms with van der Waals surface area (Å²) in [5.74, 6) is -0.129. The summed E-state index contributed by atoms with van der Waals surface area (Å²) in [5.41, 5.74) is 0.337. The molecule has 2 aromatic carbocycles. The Morgan fingerprint density at radius 2 is 2.00 bits per heavy atom. The van der Waals surface area contributed by atoms with E-state index in [0.29, 0.717) is 24.1 Å². The fraction of sp³-hybridized carbons (Fsp3) is 0.312. The van der Waals surface area contributed by atoms with Crippen molar-refractivity contribution in [3.8, 4) is 5.75 Å². The number of rotatable bonds is 5. The van der Waals surface area contributed by atoms with Crippen LogP contribution in [0.25, 0.3) is 10.8 Å². The van der Waals surface area contributed by atoms with Crippen LogP contribution < -0.4 is 0 Å². The van der Waals surface area contributed by atoms with Crippen molar-refractivity contribution >= 4 is 16.7 Å². The van der Waals surface area contributed by atoms with Gasteiger partial charge in [0.05, 0.1) is 5.56 Å². The van der Waals surface area contributed by atoms with Gasteiger partial charge < -0.3 is 14.7 Å². The zero-order valence-electron chi connectivity index (χ0n) is 11.8. The Labute approximate surface area is 118 Å². The summed E-state index contributed by atoms with van der Waals surface area (Å²) in [5, 5.41) is 11.9. The van der Waals surface area contributed by atoms with E-state index in [0.717, 1.165) is 11.8 Å². The SMILES string of the molecule is COCCCN(C)C(=O)c1ccc2ccccc2c1O. The van der Waals surface area contributed by atoms with E-state index in [1.54, 1.807) is 25.1 Å². The van der Waals surface area contributed by atoms with Gasteiger partial charge in [0.15, 0.2) is 0 Å². The van der Waals surface area contributed by atoms with Crippen molar-refractivity contribution in [2.24, 2.45) is 0 Å². The number of fused-ring (bicyclic) bond motifs is 1. The van der Waals surface area contributed by atoms with Crippen molar-refractivity contribution in [1.82, 2.24) is 4.90 Å². The summed E-state index contributed by atoms with van der Waals surface area (Å²) in [6.45, 7) is 1.21. The Hall–Kier alpha value is -2.07. The lowest BCUT2D eigenvalue weighted by molar-refractivity contribution is 0.0776. The first kappa shape index (κ1) is 14.3. The summed E-state index contributed by atoms with van der Waals surface area (Å²) < 4.78 is 4.97. The molecule has 0 spiro atoms. The highest BCUT2D eigenvalue weighted by Crippen LogP contribution is 2.29. The molecule has 0 bridgehead atoms. The first-order valence-corrected chi connectivity index (χ1v) is 6.60. The molecule has 2 aromatic rings. The van der Waals surface area contributed by atoms with Gasteiger partial charge in [-0.25, -0.2) is 0 Å². The average molecular weight is 273 g/mol. The second-order valence-corrected chi connectivity index (χ2v) is 4.76. The number of carbonyl (C=O) groups excluding carboxylic acids is 1. The van der Waals surface area contributed by atoms with Gasteiger partial charge >= 0.3 is 0 Å². The highest BCUT2D eigenvalue weighted by atomic mass is 16.5. The molecule has 0 heterocycles. The molecule has 1 amide bonds. The van der Waals surface area contributed by atoms with Crippen LogP contribution >= 0.6 is 0 Å². The highest BCUT2D eigenvalue weighted by Gasteiger charge is 2.17. The van der Waals surface area contributed by atoms with Gasteiger partial charge in [-0.3, -0.25) is 4.79 Å². The molecule has 0 saturated carbocycles. The number of amides is 1. The zero-order valence-corrected chi connectivity index (χ0v) is 11.8. The van der Waals surface area contributed by atoms with Gasteiger partial charge in [-0.15, -0.1) is 0 Å². The molecule has 4 nitrogen and oxygen atoms in total. The van der Waals surface area contributed by atoms with Gasteiger partial charge in [0.25, 0.3) is 5.91 Å². The molecule has 2 rings (SSSR count). The lowest BCUT2D eigenvalue weighted by atomic mass is 10.0. The first-order chi connectivity index (χ1) is 9.65. The van der Waals surface area contributed by atoms with Crippen molar-refractivity contribution in [3.05, 3.63) is 42.0 Å². The van der Waals surface area contributed by atoms with E-state index < -0.39 is 0 Å². The minimum Gasteiger partial charge on any atom is -0.506 e. The normalized spacial score (nSPS) is 10.7. The Morgan fingerprint density at radius 3 is 2.75 bits per heavy atom. The molecule has 0 unspecified atom stereocenters. The average Bonchev–Trinajstić information content (AvgIpc) is 2.47. The lowest BCUT2D eigenvalue weighted by Gasteiger charge is -2.18. The summed E-state index contributed by atoms with van der Waals surface area (Å²) in [4.78, 5) is 13.9. The predicted octanol–water partition coefficient (Wildman–Crippen LogP) is 2.65. The van der Waals surface area contributed by atoms with Crippen LogP contribution in [0.4, 0.5) is 0 Å². The van der Waals surface area contributed by atoms with Crippen LogP contribution in [-0.4, -0.2) is 43.2 Å². The van der Waals surface area contributed by atoms with E-state index in [2.05, 4.69) is 0 Å². The zero-order chi connectivity index (χ0) is 14.5. The van der Waals surface area contributed by atoms with Crippen LogP contribution in [0.15, 0.2) is 36.4 Å². The molecule has 0 atom stereocenters. The van der Waals surface area contributed by atoms with E-state index in [1.807, 2.05) is 30.3 Å². The Bertz CT molecular complexity index is 610. The molecule has 1 N–H and O–H groups in total. The highest BCUT2D eigenvalue weighted by molar-refractivity contribution is 6.03. The van der Waals surface area contributed by atoms with Crippen LogP contribution in [-0.2, 0) is 4.74 Å². The summed E-state index contributed by atoms with van der Waals surface area (Å²) in [7, 11) is 3.36. The van der Waals surface area contributed by atoms with Crippen LogP contribution in [0.1, 0.15) is 16.8 Å². The number of hydrogen-bond donors (Lipinski definition) is 1. The maximum Gasteiger partial charge on any atom is 0.257 e. The van der Waals surface area contributed by atoms with Crippen molar-refractivity contribution in [1.29, 1.82) is 0 Å². The maximum atomic E-state index is 12.3. The molecular formula is C16H19NO3. The molecule has 0 aliphatic heterocycles. The molecular weight excluding hydrogens is 254 g/mol. The molecule has 0 radical (unpaired) electrons. The number of carbonyl (C=O) groups is 1. The number of phenols is 1. The number of ether oxygens (including phenoxy) is 1. The molecule has 106 valence electrons. The molecule has 0 aliphatic carbocycles. The van der Waals surface area contributed by atoms with E-state index in [9.17, 15) is 9.90 Å². The molecule has 0 saturated heterocycles. The van der Waals surface area contributed by atoms with Crippen LogP contribution in [0.5, 0.6) is 5.75 Å². The van der Waals surface area contributed by atoms with E-state index in [1.165, 1.54) is 0 Å². The second kappa shape index (κ2) is 6.39. The van der Waals surface area contributed by atoms with Crippen LogP contribution in [0, 0.1) is 0 Å². The van der Waals surface area contributed by atoms with Gasteiger partial charge in [0.2, 0.25) is 0 Å². The Kier molecular flexibility index (Phi) is 4.58. The fourth-order valence-electron chi connectivity index (χ4n) is 2.18. The van der Waals surface area contributed by atoms with Crippen molar-refractivity contribution < 1.29 is 14.6 Å². The molecule has 20 heavy (non-hydrogen) atoms. The standard InChI is InChI=1S/C16H19NO3/c1-17(10-5-11-20-2)16(19)14-9-8-12-6-3-4-7-13(12)15(14)18/h3-4,6-9,18H,5,10-11H2,1-2H3.